The molecule has 0 aliphatic heterocycles. The lowest BCUT2D eigenvalue weighted by atomic mass is 9.96. The molecule has 0 fully saturated rings. The van der Waals surface area contributed by atoms with E-state index in [0.29, 0.717) is 0 Å². The summed E-state index contributed by atoms with van der Waals surface area (Å²) in [6, 6.07) is 4.67. The maximum absolute atomic E-state index is 9.38. The first kappa shape index (κ1) is 11.0. The highest BCUT2D eigenvalue weighted by atomic mass is 16.3. The number of aromatic hydroxyl groups is 1. The quantitative estimate of drug-likeness (QED) is 0.681. The van der Waals surface area contributed by atoms with Crippen molar-refractivity contribution >= 4 is 0 Å². The fourth-order valence-corrected chi connectivity index (χ4v) is 1.48. The number of benzene rings is 1. The molecule has 1 unspecified atom stereocenters. The number of hydrogen-bond donors (Lipinski definition) is 3. The number of rotatable bonds is 3. The van der Waals surface area contributed by atoms with Gasteiger partial charge in [-0.1, -0.05) is 13.0 Å². The molecule has 0 spiro atoms. The molecule has 4 N–H and O–H groups in total. The predicted octanol–water partition coefficient (Wildman–Crippen LogP) is 1.34. The standard InChI is InChI=1S/C11H17NO2/c1-3-8-6-9(14)4-5-10(8)11(12)7(2)13/h4-7,11,13-14H,3,12H2,1-2H3/t7?,11-/m1/s1. The zero-order valence-electron chi connectivity index (χ0n) is 8.57. The third kappa shape index (κ3) is 2.25. The highest BCUT2D eigenvalue weighted by Crippen LogP contribution is 2.23. The van der Waals surface area contributed by atoms with E-state index < -0.39 is 6.10 Å². The Morgan fingerprint density at radius 3 is 2.57 bits per heavy atom. The highest BCUT2D eigenvalue weighted by molar-refractivity contribution is 5.37. The van der Waals surface area contributed by atoms with Gasteiger partial charge in [0.05, 0.1) is 12.1 Å². The van der Waals surface area contributed by atoms with E-state index >= 15 is 0 Å². The van der Waals surface area contributed by atoms with Crippen LogP contribution in [0.25, 0.3) is 0 Å². The molecule has 0 heterocycles. The lowest BCUT2D eigenvalue weighted by Gasteiger charge is -2.18. The largest absolute Gasteiger partial charge is 0.508 e. The molecule has 2 atom stereocenters. The van der Waals surface area contributed by atoms with Crippen molar-refractivity contribution in [1.82, 2.24) is 0 Å². The number of phenols is 1. The van der Waals surface area contributed by atoms with E-state index in [1.54, 1.807) is 25.1 Å². The summed E-state index contributed by atoms with van der Waals surface area (Å²) in [5, 5.41) is 18.7. The van der Waals surface area contributed by atoms with Crippen LogP contribution in [0.4, 0.5) is 0 Å². The number of hydrogen-bond acceptors (Lipinski definition) is 3. The van der Waals surface area contributed by atoms with Gasteiger partial charge in [-0.25, -0.2) is 0 Å². The number of aliphatic hydroxyl groups excluding tert-OH is 1. The Morgan fingerprint density at radius 1 is 1.43 bits per heavy atom. The van der Waals surface area contributed by atoms with Crippen LogP contribution in [-0.2, 0) is 6.42 Å². The molecule has 0 bridgehead atoms. The van der Waals surface area contributed by atoms with Crippen molar-refractivity contribution in [2.45, 2.75) is 32.4 Å². The topological polar surface area (TPSA) is 66.5 Å². The molecule has 1 aromatic rings. The average molecular weight is 195 g/mol. The Morgan fingerprint density at radius 2 is 2.07 bits per heavy atom. The summed E-state index contributed by atoms with van der Waals surface area (Å²) >= 11 is 0. The van der Waals surface area contributed by atoms with E-state index in [1.165, 1.54) is 0 Å². The SMILES string of the molecule is CCc1cc(O)ccc1[C@H](N)C(C)O. The van der Waals surface area contributed by atoms with Crippen LogP contribution in [-0.4, -0.2) is 16.3 Å². The van der Waals surface area contributed by atoms with Crippen molar-refractivity contribution in [3.8, 4) is 5.75 Å². The molecule has 78 valence electrons. The summed E-state index contributed by atoms with van der Waals surface area (Å²) in [5.74, 6) is 0.239. The van der Waals surface area contributed by atoms with E-state index in [0.717, 1.165) is 17.5 Å². The molecule has 0 aliphatic carbocycles. The molecular formula is C11H17NO2. The molecule has 1 rings (SSSR count). The molecule has 1 aromatic carbocycles. The van der Waals surface area contributed by atoms with E-state index in [-0.39, 0.29) is 11.8 Å². The zero-order chi connectivity index (χ0) is 10.7. The molecule has 0 saturated heterocycles. The van der Waals surface area contributed by atoms with E-state index in [1.807, 2.05) is 6.92 Å². The fraction of sp³-hybridized carbons (Fsp3) is 0.455. The molecule has 0 aromatic heterocycles. The van der Waals surface area contributed by atoms with Gasteiger partial charge in [0, 0.05) is 0 Å². The molecule has 14 heavy (non-hydrogen) atoms. The first-order valence-corrected chi connectivity index (χ1v) is 4.81. The molecule has 0 radical (unpaired) electrons. The normalized spacial score (nSPS) is 15.1. The Balaban J connectivity index is 3.07. The second-order valence-corrected chi connectivity index (χ2v) is 3.50. The van der Waals surface area contributed by atoms with Gasteiger partial charge in [-0.3, -0.25) is 0 Å². The van der Waals surface area contributed by atoms with Crippen molar-refractivity contribution in [1.29, 1.82) is 0 Å². The summed E-state index contributed by atoms with van der Waals surface area (Å²) in [7, 11) is 0. The molecule has 3 heteroatoms. The van der Waals surface area contributed by atoms with Gasteiger partial charge in [0.25, 0.3) is 0 Å². The maximum Gasteiger partial charge on any atom is 0.115 e. The van der Waals surface area contributed by atoms with Gasteiger partial charge >= 0.3 is 0 Å². The van der Waals surface area contributed by atoms with Gasteiger partial charge in [0.15, 0.2) is 0 Å². The van der Waals surface area contributed by atoms with Crippen LogP contribution in [0.2, 0.25) is 0 Å². The van der Waals surface area contributed by atoms with Crippen molar-refractivity contribution in [3.63, 3.8) is 0 Å². The third-order valence-corrected chi connectivity index (χ3v) is 2.39. The first-order valence-electron chi connectivity index (χ1n) is 4.81. The van der Waals surface area contributed by atoms with Gasteiger partial charge in [0.2, 0.25) is 0 Å². The maximum atomic E-state index is 9.38. The van der Waals surface area contributed by atoms with Crippen LogP contribution in [0.3, 0.4) is 0 Å². The summed E-state index contributed by atoms with van der Waals surface area (Å²) in [5.41, 5.74) is 7.72. The second-order valence-electron chi connectivity index (χ2n) is 3.50. The Kier molecular flexibility index (Phi) is 3.49. The second kappa shape index (κ2) is 4.44. The summed E-state index contributed by atoms with van der Waals surface area (Å²) in [6.45, 7) is 3.66. The van der Waals surface area contributed by atoms with Gasteiger partial charge < -0.3 is 15.9 Å². The molecule has 3 nitrogen and oxygen atoms in total. The van der Waals surface area contributed by atoms with Gasteiger partial charge in [-0.2, -0.15) is 0 Å². The lowest BCUT2D eigenvalue weighted by Crippen LogP contribution is -2.24. The smallest absolute Gasteiger partial charge is 0.115 e. The summed E-state index contributed by atoms with van der Waals surface area (Å²) < 4.78 is 0. The van der Waals surface area contributed by atoms with E-state index in [2.05, 4.69) is 0 Å². The van der Waals surface area contributed by atoms with E-state index in [9.17, 15) is 10.2 Å². The van der Waals surface area contributed by atoms with Crippen molar-refractivity contribution in [2.75, 3.05) is 0 Å². The first-order chi connectivity index (χ1) is 6.56. The van der Waals surface area contributed by atoms with Gasteiger partial charge in [-0.05, 0) is 36.6 Å². The Bertz CT molecular complexity index is 310. The van der Waals surface area contributed by atoms with Crippen molar-refractivity contribution in [3.05, 3.63) is 29.3 Å². The molecule has 0 amide bonds. The fourth-order valence-electron chi connectivity index (χ4n) is 1.48. The molecule has 0 saturated carbocycles. The Labute approximate surface area is 84.2 Å². The lowest BCUT2D eigenvalue weighted by molar-refractivity contribution is 0.164. The van der Waals surface area contributed by atoms with Crippen molar-refractivity contribution < 1.29 is 10.2 Å². The monoisotopic (exact) mass is 195 g/mol. The number of phenolic OH excluding ortho intramolecular Hbond substituents is 1. The third-order valence-electron chi connectivity index (χ3n) is 2.39. The molecular weight excluding hydrogens is 178 g/mol. The van der Waals surface area contributed by atoms with Crippen LogP contribution in [0, 0.1) is 0 Å². The minimum atomic E-state index is -0.579. The minimum Gasteiger partial charge on any atom is -0.508 e. The minimum absolute atomic E-state index is 0.239. The van der Waals surface area contributed by atoms with Crippen LogP contribution >= 0.6 is 0 Å². The number of aryl methyl sites for hydroxylation is 1. The molecule has 0 aliphatic rings. The number of nitrogens with two attached hydrogens (primary N) is 1. The Hall–Kier alpha value is -1.06. The van der Waals surface area contributed by atoms with Gasteiger partial charge in [-0.15, -0.1) is 0 Å². The van der Waals surface area contributed by atoms with Crippen LogP contribution in [0.1, 0.15) is 31.0 Å². The van der Waals surface area contributed by atoms with Crippen LogP contribution in [0.5, 0.6) is 5.75 Å². The van der Waals surface area contributed by atoms with Crippen LogP contribution < -0.4 is 5.73 Å². The predicted molar refractivity (Wildman–Crippen MR) is 56.1 cm³/mol. The highest BCUT2D eigenvalue weighted by Gasteiger charge is 2.15. The summed E-state index contributed by atoms with van der Waals surface area (Å²) in [6.07, 6.45) is 0.217. The number of aliphatic hydroxyl groups is 1. The van der Waals surface area contributed by atoms with E-state index in [4.69, 9.17) is 5.73 Å². The van der Waals surface area contributed by atoms with Crippen molar-refractivity contribution in [2.24, 2.45) is 5.73 Å². The average Bonchev–Trinajstić information content (AvgIpc) is 2.16. The van der Waals surface area contributed by atoms with Crippen LogP contribution in [0.15, 0.2) is 18.2 Å². The van der Waals surface area contributed by atoms with Gasteiger partial charge in [0.1, 0.15) is 5.75 Å². The zero-order valence-corrected chi connectivity index (χ0v) is 8.57. The summed E-state index contributed by atoms with van der Waals surface area (Å²) in [4.78, 5) is 0.